The molecule has 0 fully saturated rings. The fraction of sp³-hybridized carbons (Fsp3) is 0.571. The molecule has 102 valence electrons. The summed E-state index contributed by atoms with van der Waals surface area (Å²) < 4.78 is 5.38. The Balaban J connectivity index is 3.24. The largest absolute Gasteiger partial charge is 0.496 e. The summed E-state index contributed by atoms with van der Waals surface area (Å²) >= 11 is 6.07. The predicted molar refractivity (Wildman–Crippen MR) is 77.3 cm³/mol. The number of halogens is 1. The van der Waals surface area contributed by atoms with Gasteiger partial charge in [-0.3, -0.25) is 0 Å². The number of ether oxygens (including phenoxy) is 1. The quantitative estimate of drug-likeness (QED) is 0.894. The van der Waals surface area contributed by atoms with Gasteiger partial charge in [-0.25, -0.2) is 0 Å². The topological polar surface area (TPSA) is 38.5 Å². The molecule has 0 saturated carbocycles. The molecule has 0 heterocycles. The maximum atomic E-state index is 6.45. The molecule has 0 radical (unpaired) electrons. The van der Waals surface area contributed by atoms with Crippen LogP contribution in [0.5, 0.6) is 5.75 Å². The lowest BCUT2D eigenvalue weighted by molar-refractivity contribution is 0.130. The summed E-state index contributed by atoms with van der Waals surface area (Å²) in [5, 5.41) is 0.679. The molecule has 0 spiro atoms. The molecule has 2 unspecified atom stereocenters. The zero-order chi connectivity index (χ0) is 13.9. The smallest absolute Gasteiger partial charge is 0.123 e. The first-order valence-electron chi connectivity index (χ1n) is 6.13. The van der Waals surface area contributed by atoms with Crippen molar-refractivity contribution in [2.45, 2.75) is 31.8 Å². The molecule has 0 aliphatic rings. The lowest BCUT2D eigenvalue weighted by Gasteiger charge is -2.41. The summed E-state index contributed by atoms with van der Waals surface area (Å²) in [7, 11) is 5.74. The highest BCUT2D eigenvalue weighted by molar-refractivity contribution is 6.30. The van der Waals surface area contributed by atoms with E-state index in [4.69, 9.17) is 22.1 Å². The van der Waals surface area contributed by atoms with Gasteiger partial charge in [0.25, 0.3) is 0 Å². The highest BCUT2D eigenvalue weighted by Crippen LogP contribution is 2.36. The van der Waals surface area contributed by atoms with E-state index < -0.39 is 0 Å². The molecular formula is C14H23ClN2O. The van der Waals surface area contributed by atoms with Crippen molar-refractivity contribution in [2.75, 3.05) is 21.2 Å². The third-order valence-corrected chi connectivity index (χ3v) is 4.17. The molecule has 0 saturated heterocycles. The highest BCUT2D eigenvalue weighted by Gasteiger charge is 2.34. The average molecular weight is 271 g/mol. The van der Waals surface area contributed by atoms with Gasteiger partial charge in [0, 0.05) is 16.1 Å². The minimum Gasteiger partial charge on any atom is -0.496 e. The Morgan fingerprint density at radius 1 is 1.44 bits per heavy atom. The molecule has 4 heteroatoms. The van der Waals surface area contributed by atoms with Crippen LogP contribution in [0.15, 0.2) is 18.2 Å². The van der Waals surface area contributed by atoms with Gasteiger partial charge in [0.1, 0.15) is 5.75 Å². The molecule has 1 rings (SSSR count). The van der Waals surface area contributed by atoms with Crippen LogP contribution in [-0.2, 0) is 0 Å². The number of rotatable bonds is 5. The number of nitrogens with zero attached hydrogens (tertiary/aromatic N) is 1. The van der Waals surface area contributed by atoms with E-state index in [1.807, 2.05) is 32.3 Å². The normalized spacial score (nSPS) is 16.4. The van der Waals surface area contributed by atoms with Crippen molar-refractivity contribution in [1.29, 1.82) is 0 Å². The third-order valence-electron chi connectivity index (χ3n) is 3.93. The summed E-state index contributed by atoms with van der Waals surface area (Å²) in [5.41, 5.74) is 7.26. The van der Waals surface area contributed by atoms with Crippen LogP contribution >= 0.6 is 11.6 Å². The van der Waals surface area contributed by atoms with E-state index in [0.29, 0.717) is 5.02 Å². The van der Waals surface area contributed by atoms with Crippen molar-refractivity contribution < 1.29 is 4.74 Å². The zero-order valence-corrected chi connectivity index (χ0v) is 12.6. The Hall–Kier alpha value is -0.770. The fourth-order valence-corrected chi connectivity index (χ4v) is 2.28. The summed E-state index contributed by atoms with van der Waals surface area (Å²) in [5.74, 6) is 0.786. The second kappa shape index (κ2) is 5.91. The Bertz CT molecular complexity index is 409. The number of likely N-dealkylation sites (N-methyl/N-ethyl adjacent to an activating group) is 1. The Morgan fingerprint density at radius 3 is 2.50 bits per heavy atom. The van der Waals surface area contributed by atoms with Crippen molar-refractivity contribution in [3.05, 3.63) is 28.8 Å². The van der Waals surface area contributed by atoms with E-state index in [-0.39, 0.29) is 11.6 Å². The van der Waals surface area contributed by atoms with Gasteiger partial charge in [0.05, 0.1) is 13.2 Å². The number of methoxy groups -OCH3 is 1. The average Bonchev–Trinajstić information content (AvgIpc) is 2.36. The Labute approximate surface area is 115 Å². The first-order chi connectivity index (χ1) is 8.36. The van der Waals surface area contributed by atoms with Crippen LogP contribution in [-0.4, -0.2) is 31.6 Å². The second-order valence-electron chi connectivity index (χ2n) is 4.97. The SMILES string of the molecule is CCC(C)(C(N)c1cc(Cl)ccc1OC)N(C)C. The number of hydrogen-bond acceptors (Lipinski definition) is 3. The highest BCUT2D eigenvalue weighted by atomic mass is 35.5. The predicted octanol–water partition coefficient (Wildman–Crippen LogP) is 3.08. The van der Waals surface area contributed by atoms with Crippen LogP contribution in [0.4, 0.5) is 0 Å². The van der Waals surface area contributed by atoms with Gasteiger partial charge in [0.2, 0.25) is 0 Å². The van der Waals surface area contributed by atoms with E-state index in [1.165, 1.54) is 0 Å². The molecule has 0 bridgehead atoms. The fourth-order valence-electron chi connectivity index (χ4n) is 2.10. The van der Waals surface area contributed by atoms with Crippen molar-refractivity contribution in [3.8, 4) is 5.75 Å². The molecule has 1 aromatic carbocycles. The van der Waals surface area contributed by atoms with Crippen LogP contribution < -0.4 is 10.5 Å². The van der Waals surface area contributed by atoms with Crippen molar-refractivity contribution in [2.24, 2.45) is 5.73 Å². The van der Waals surface area contributed by atoms with Gasteiger partial charge >= 0.3 is 0 Å². The molecular weight excluding hydrogens is 248 g/mol. The summed E-state index contributed by atoms with van der Waals surface area (Å²) in [6.45, 7) is 4.29. The van der Waals surface area contributed by atoms with Crippen molar-refractivity contribution >= 4 is 11.6 Å². The van der Waals surface area contributed by atoms with Crippen LogP contribution in [0, 0.1) is 0 Å². The number of hydrogen-bond donors (Lipinski definition) is 1. The molecule has 18 heavy (non-hydrogen) atoms. The van der Waals surface area contributed by atoms with Gasteiger partial charge in [-0.1, -0.05) is 18.5 Å². The van der Waals surface area contributed by atoms with E-state index in [2.05, 4.69) is 18.7 Å². The summed E-state index contributed by atoms with van der Waals surface area (Å²) in [6, 6.07) is 5.41. The van der Waals surface area contributed by atoms with Crippen molar-refractivity contribution in [1.82, 2.24) is 4.90 Å². The summed E-state index contributed by atoms with van der Waals surface area (Å²) in [4.78, 5) is 2.15. The lowest BCUT2D eigenvalue weighted by Crippen LogP contribution is -2.49. The van der Waals surface area contributed by atoms with E-state index >= 15 is 0 Å². The molecule has 2 N–H and O–H groups in total. The Kier molecular flexibility index (Phi) is 5.02. The Morgan fingerprint density at radius 2 is 2.06 bits per heavy atom. The molecule has 0 aromatic heterocycles. The second-order valence-corrected chi connectivity index (χ2v) is 5.41. The van der Waals surface area contributed by atoms with Crippen molar-refractivity contribution in [3.63, 3.8) is 0 Å². The van der Waals surface area contributed by atoms with E-state index in [9.17, 15) is 0 Å². The molecule has 0 aliphatic carbocycles. The van der Waals surface area contributed by atoms with Gasteiger partial charge in [-0.05, 0) is 45.6 Å². The van der Waals surface area contributed by atoms with Gasteiger partial charge in [-0.15, -0.1) is 0 Å². The summed E-state index contributed by atoms with van der Waals surface area (Å²) in [6.07, 6.45) is 0.941. The number of nitrogens with two attached hydrogens (primary N) is 1. The molecule has 3 nitrogen and oxygen atoms in total. The molecule has 0 amide bonds. The molecule has 1 aromatic rings. The minimum absolute atomic E-state index is 0.141. The maximum Gasteiger partial charge on any atom is 0.123 e. The van der Waals surface area contributed by atoms with Crippen LogP contribution in [0.2, 0.25) is 5.02 Å². The minimum atomic E-state index is -0.161. The third kappa shape index (κ3) is 2.79. The van der Waals surface area contributed by atoms with E-state index in [1.54, 1.807) is 7.11 Å². The van der Waals surface area contributed by atoms with Crippen LogP contribution in [0.3, 0.4) is 0 Å². The first kappa shape index (κ1) is 15.3. The van der Waals surface area contributed by atoms with Gasteiger partial charge in [0.15, 0.2) is 0 Å². The first-order valence-corrected chi connectivity index (χ1v) is 6.51. The van der Waals surface area contributed by atoms with E-state index in [0.717, 1.165) is 17.7 Å². The zero-order valence-electron chi connectivity index (χ0n) is 11.8. The molecule has 2 atom stereocenters. The van der Waals surface area contributed by atoms with Crippen LogP contribution in [0.1, 0.15) is 31.9 Å². The van der Waals surface area contributed by atoms with Crippen LogP contribution in [0.25, 0.3) is 0 Å². The standard InChI is InChI=1S/C14H23ClN2O/c1-6-14(2,17(3)4)13(16)11-9-10(15)7-8-12(11)18-5/h7-9,13H,6,16H2,1-5H3. The van der Waals surface area contributed by atoms with Gasteiger partial charge < -0.3 is 15.4 Å². The maximum absolute atomic E-state index is 6.45. The number of benzene rings is 1. The molecule has 0 aliphatic heterocycles. The van der Waals surface area contributed by atoms with Gasteiger partial charge in [-0.2, -0.15) is 0 Å². The lowest BCUT2D eigenvalue weighted by atomic mass is 9.84. The monoisotopic (exact) mass is 270 g/mol.